The largest absolute Gasteiger partial charge is 0.302 e. The highest BCUT2D eigenvalue weighted by atomic mass is 16.2. The number of benzene rings is 1. The molecule has 1 aliphatic rings. The van der Waals surface area contributed by atoms with Crippen molar-refractivity contribution >= 4 is 22.6 Å². The lowest BCUT2D eigenvalue weighted by atomic mass is 9.81. The summed E-state index contributed by atoms with van der Waals surface area (Å²) in [5.74, 6) is -0.685. The van der Waals surface area contributed by atoms with Crippen LogP contribution in [0.5, 0.6) is 0 Å². The molecule has 1 unspecified atom stereocenters. The van der Waals surface area contributed by atoms with E-state index >= 15 is 0 Å². The third-order valence-electron chi connectivity index (χ3n) is 5.14. The molecule has 0 spiro atoms. The summed E-state index contributed by atoms with van der Waals surface area (Å²) < 4.78 is 1.45. The van der Waals surface area contributed by atoms with Gasteiger partial charge in [-0.15, -0.1) is 0 Å². The number of imide groups is 1. The van der Waals surface area contributed by atoms with Gasteiger partial charge in [0.25, 0.3) is 5.56 Å². The zero-order valence-corrected chi connectivity index (χ0v) is 16.3. The van der Waals surface area contributed by atoms with Crippen LogP contribution in [0.1, 0.15) is 66.9 Å². The highest BCUT2D eigenvalue weighted by molar-refractivity contribution is 5.99. The first-order chi connectivity index (χ1) is 12.3. The number of carbonyl (C=O) groups is 2. The van der Waals surface area contributed by atoms with E-state index in [1.807, 2.05) is 32.0 Å². The minimum atomic E-state index is -0.623. The molecule has 5 heteroatoms. The second-order valence-electron chi connectivity index (χ2n) is 7.03. The Morgan fingerprint density at radius 2 is 1.88 bits per heavy atom. The van der Waals surface area contributed by atoms with Gasteiger partial charge in [-0.2, -0.15) is 0 Å². The van der Waals surface area contributed by atoms with Crippen molar-refractivity contribution in [2.45, 2.75) is 65.3 Å². The van der Waals surface area contributed by atoms with E-state index in [9.17, 15) is 14.4 Å². The number of hydrogen-bond acceptors (Lipinski definition) is 3. The van der Waals surface area contributed by atoms with Gasteiger partial charge in [0, 0.05) is 19.4 Å². The molecule has 2 heterocycles. The van der Waals surface area contributed by atoms with Crippen molar-refractivity contribution < 1.29 is 11.0 Å². The summed E-state index contributed by atoms with van der Waals surface area (Å²) in [7, 11) is 0. The number of nitrogens with one attached hydrogen (secondary N) is 1. The van der Waals surface area contributed by atoms with E-state index in [0.717, 1.165) is 17.4 Å². The van der Waals surface area contributed by atoms with E-state index in [0.29, 0.717) is 11.8 Å². The quantitative estimate of drug-likeness (QED) is 0.845. The normalized spacial score (nSPS) is 17.5. The lowest BCUT2D eigenvalue weighted by Crippen LogP contribution is -2.44. The van der Waals surface area contributed by atoms with E-state index in [2.05, 4.69) is 32.2 Å². The monoisotopic (exact) mass is 358 g/mol. The Hall–Kier alpha value is -2.43. The Labute approximate surface area is 155 Å². The van der Waals surface area contributed by atoms with Crippen LogP contribution in [0.25, 0.3) is 10.8 Å². The Bertz CT molecular complexity index is 887. The lowest BCUT2D eigenvalue weighted by Gasteiger charge is -2.25. The van der Waals surface area contributed by atoms with E-state index in [4.69, 9.17) is 0 Å². The van der Waals surface area contributed by atoms with Gasteiger partial charge in [0.15, 0.2) is 0 Å². The fourth-order valence-corrected chi connectivity index (χ4v) is 3.07. The van der Waals surface area contributed by atoms with Crippen LogP contribution in [0.15, 0.2) is 35.3 Å². The van der Waals surface area contributed by atoms with Crippen molar-refractivity contribution in [3.63, 3.8) is 0 Å². The summed E-state index contributed by atoms with van der Waals surface area (Å²) in [4.78, 5) is 36.3. The molecule has 1 atom stereocenters. The van der Waals surface area contributed by atoms with Crippen LogP contribution in [-0.4, -0.2) is 16.4 Å². The molecule has 1 aromatic heterocycles. The molecule has 142 valence electrons. The molecule has 0 aliphatic carbocycles. The van der Waals surface area contributed by atoms with Gasteiger partial charge in [-0.1, -0.05) is 46.8 Å². The lowest BCUT2D eigenvalue weighted by molar-refractivity contribution is -0.135. The first-order valence-electron chi connectivity index (χ1n) is 9.32. The number of nitrogens with zero attached hydrogens (tertiary/aromatic N) is 1. The average Bonchev–Trinajstić information content (AvgIpc) is 2.64. The fraction of sp³-hybridized carbons (Fsp3) is 0.476. The predicted molar refractivity (Wildman–Crippen MR) is 106 cm³/mol. The van der Waals surface area contributed by atoms with Gasteiger partial charge in [0.1, 0.15) is 6.04 Å². The van der Waals surface area contributed by atoms with Gasteiger partial charge in [-0.25, -0.2) is 0 Å². The molecule has 5 nitrogen and oxygen atoms in total. The molecule has 2 amide bonds. The van der Waals surface area contributed by atoms with Gasteiger partial charge in [0.2, 0.25) is 11.8 Å². The molecule has 1 N–H and O–H groups in total. The highest BCUT2D eigenvalue weighted by Crippen LogP contribution is 2.28. The third kappa shape index (κ3) is 3.71. The molecule has 2 aromatic rings. The highest BCUT2D eigenvalue weighted by Gasteiger charge is 2.29. The first kappa shape index (κ1) is 19.9. The number of hydrogen-bond donors (Lipinski definition) is 1. The Morgan fingerprint density at radius 1 is 1.19 bits per heavy atom. The van der Waals surface area contributed by atoms with Crippen LogP contribution in [0.4, 0.5) is 0 Å². The van der Waals surface area contributed by atoms with Crippen molar-refractivity contribution in [2.24, 2.45) is 0 Å². The zero-order chi connectivity index (χ0) is 19.5. The van der Waals surface area contributed by atoms with Crippen molar-refractivity contribution in [1.82, 2.24) is 9.88 Å². The van der Waals surface area contributed by atoms with Gasteiger partial charge in [-0.3, -0.25) is 19.7 Å². The van der Waals surface area contributed by atoms with Crippen molar-refractivity contribution in [3.8, 4) is 0 Å². The Balaban J connectivity index is 0.00000118. The Morgan fingerprint density at radius 3 is 2.50 bits per heavy atom. The van der Waals surface area contributed by atoms with E-state index in [1.54, 1.807) is 6.20 Å². The van der Waals surface area contributed by atoms with Crippen molar-refractivity contribution in [1.29, 1.82) is 0 Å². The summed E-state index contributed by atoms with van der Waals surface area (Å²) in [6.45, 7) is 10.4. The van der Waals surface area contributed by atoms with Gasteiger partial charge in [0.05, 0.1) is 0 Å². The van der Waals surface area contributed by atoms with E-state index < -0.39 is 11.9 Å². The van der Waals surface area contributed by atoms with Gasteiger partial charge in [-0.05, 0) is 41.3 Å². The fourth-order valence-electron chi connectivity index (χ4n) is 3.07. The number of pyridine rings is 1. The summed E-state index contributed by atoms with van der Waals surface area (Å²) in [6, 6.07) is 7.18. The maximum atomic E-state index is 12.9. The molecule has 0 saturated carbocycles. The predicted octanol–water partition coefficient (Wildman–Crippen LogP) is 3.94. The number of carbonyl (C=O) groups excluding carboxylic acids is 2. The molecular formula is C21H30N2O3. The standard InChI is InChI=1S/C19H22N2O3.C2H6.H2/c1-4-19(2,3)13-6-5-12-9-10-21(18(24)14(12)11-13)15-7-8-16(22)20-17(15)23;1-2;/h5-6,9-11,15H,4,7-8H2,1-3H3,(H,20,22,23);1-2H3;1H. The molecule has 1 aromatic carbocycles. The Kier molecular flexibility index (Phi) is 6.01. The molecule has 0 radical (unpaired) electrons. The minimum Gasteiger partial charge on any atom is -0.302 e. The van der Waals surface area contributed by atoms with Crippen LogP contribution >= 0.6 is 0 Å². The molecule has 1 fully saturated rings. The number of amides is 2. The summed E-state index contributed by atoms with van der Waals surface area (Å²) in [6.07, 6.45) is 3.22. The number of piperidine rings is 1. The molecular weight excluding hydrogens is 328 g/mol. The number of rotatable bonds is 3. The van der Waals surface area contributed by atoms with Crippen LogP contribution in [-0.2, 0) is 15.0 Å². The van der Waals surface area contributed by atoms with Gasteiger partial charge >= 0.3 is 0 Å². The van der Waals surface area contributed by atoms with Crippen LogP contribution in [0.2, 0.25) is 0 Å². The van der Waals surface area contributed by atoms with Crippen LogP contribution in [0, 0.1) is 0 Å². The number of aromatic nitrogens is 1. The summed E-state index contributed by atoms with van der Waals surface area (Å²) in [5.41, 5.74) is 0.905. The van der Waals surface area contributed by atoms with Crippen molar-refractivity contribution in [2.75, 3.05) is 0 Å². The molecule has 3 rings (SSSR count). The summed E-state index contributed by atoms with van der Waals surface area (Å²) in [5, 5.41) is 3.78. The maximum Gasteiger partial charge on any atom is 0.259 e. The molecule has 1 saturated heterocycles. The number of fused-ring (bicyclic) bond motifs is 1. The molecule has 0 bridgehead atoms. The van der Waals surface area contributed by atoms with E-state index in [-0.39, 0.29) is 24.7 Å². The van der Waals surface area contributed by atoms with Crippen LogP contribution in [0.3, 0.4) is 0 Å². The van der Waals surface area contributed by atoms with Crippen LogP contribution < -0.4 is 10.9 Å². The molecule has 1 aliphatic heterocycles. The second kappa shape index (κ2) is 7.85. The third-order valence-corrected chi connectivity index (χ3v) is 5.14. The van der Waals surface area contributed by atoms with E-state index in [1.165, 1.54) is 4.57 Å². The topological polar surface area (TPSA) is 68.2 Å². The smallest absolute Gasteiger partial charge is 0.259 e. The van der Waals surface area contributed by atoms with Crippen molar-refractivity contribution in [3.05, 3.63) is 46.4 Å². The second-order valence-corrected chi connectivity index (χ2v) is 7.03. The molecule has 26 heavy (non-hydrogen) atoms. The zero-order valence-electron chi connectivity index (χ0n) is 16.3. The summed E-state index contributed by atoms with van der Waals surface area (Å²) >= 11 is 0. The first-order valence-corrected chi connectivity index (χ1v) is 9.32. The maximum absolute atomic E-state index is 12.9. The average molecular weight is 358 g/mol. The SMILES string of the molecule is CC.CCC(C)(C)c1ccc2ccn(C3CCC(=O)NC3=O)c(=O)c2c1.[HH]. The minimum absolute atomic E-state index is 0. The van der Waals surface area contributed by atoms with Gasteiger partial charge < -0.3 is 4.57 Å².